The number of sulfonamides is 1. The fourth-order valence-corrected chi connectivity index (χ4v) is 4.83. The number of hydrogen-bond donors (Lipinski definition) is 3. The molecule has 3 N–H and O–H groups in total. The van der Waals surface area contributed by atoms with Gasteiger partial charge in [0, 0.05) is 16.3 Å². The number of methoxy groups -OCH3 is 1. The minimum absolute atomic E-state index is 0.00683. The van der Waals surface area contributed by atoms with Crippen LogP contribution in [0.3, 0.4) is 0 Å². The lowest BCUT2D eigenvalue weighted by atomic mass is 10.3. The molecule has 1 aliphatic carbocycles. The van der Waals surface area contributed by atoms with Crippen LogP contribution in [-0.4, -0.2) is 48.5 Å². The fraction of sp³-hybridized carbons (Fsp3) is 0.400. The van der Waals surface area contributed by atoms with Gasteiger partial charge in [0.1, 0.15) is 10.7 Å². The highest BCUT2D eigenvalue weighted by atomic mass is 32.2. The molecule has 3 amide bonds. The molecule has 0 saturated heterocycles. The lowest BCUT2D eigenvalue weighted by Gasteiger charge is -2.10. The van der Waals surface area contributed by atoms with E-state index in [-0.39, 0.29) is 34.3 Å². The molecule has 0 bridgehead atoms. The molecule has 11 nitrogen and oxygen atoms in total. The Morgan fingerprint density at radius 1 is 1.21 bits per heavy atom. The number of thiophene rings is 1. The van der Waals surface area contributed by atoms with Gasteiger partial charge in [0.2, 0.25) is 5.95 Å². The van der Waals surface area contributed by atoms with Gasteiger partial charge in [-0.2, -0.15) is 15.0 Å². The fourth-order valence-electron chi connectivity index (χ4n) is 2.33. The number of carbonyl (C=O) groups excluding carboxylic acids is 2. The molecule has 13 heteroatoms. The number of ether oxygens (including phenoxy) is 1. The molecule has 28 heavy (non-hydrogen) atoms. The molecule has 150 valence electrons. The van der Waals surface area contributed by atoms with E-state index in [1.165, 1.54) is 12.5 Å². The highest BCUT2D eigenvalue weighted by molar-refractivity contribution is 7.90. The number of hydrogen-bond acceptors (Lipinski definition) is 9. The van der Waals surface area contributed by atoms with E-state index in [9.17, 15) is 18.0 Å². The quantitative estimate of drug-likeness (QED) is 0.617. The summed E-state index contributed by atoms with van der Waals surface area (Å²) in [7, 11) is -2.95. The van der Waals surface area contributed by atoms with Crippen molar-refractivity contribution in [3.8, 4) is 6.01 Å². The molecule has 0 atom stereocenters. The van der Waals surface area contributed by atoms with Crippen molar-refractivity contribution in [1.29, 1.82) is 0 Å². The molecule has 2 aromatic heterocycles. The van der Waals surface area contributed by atoms with Crippen molar-refractivity contribution in [1.82, 2.24) is 25.0 Å². The monoisotopic (exact) mass is 426 g/mol. The summed E-state index contributed by atoms with van der Waals surface area (Å²) in [5.74, 6) is -0.381. The summed E-state index contributed by atoms with van der Waals surface area (Å²) >= 11 is 1.11. The van der Waals surface area contributed by atoms with E-state index in [1.807, 2.05) is 4.72 Å². The van der Waals surface area contributed by atoms with E-state index >= 15 is 0 Å². The van der Waals surface area contributed by atoms with Crippen LogP contribution in [0.25, 0.3) is 0 Å². The smallest absolute Gasteiger partial charge is 0.335 e. The van der Waals surface area contributed by atoms with Crippen LogP contribution in [0.2, 0.25) is 0 Å². The van der Waals surface area contributed by atoms with E-state index in [4.69, 9.17) is 4.74 Å². The molecule has 0 unspecified atom stereocenters. The van der Waals surface area contributed by atoms with Crippen LogP contribution in [-0.2, 0) is 10.0 Å². The maximum absolute atomic E-state index is 12.7. The highest BCUT2D eigenvalue weighted by Crippen LogP contribution is 2.28. The van der Waals surface area contributed by atoms with Crippen LogP contribution >= 0.6 is 11.3 Å². The topological polar surface area (TPSA) is 152 Å². The molecular formula is C15H18N6O5S2. The SMILES string of the molecule is COc1nc(C)nc(NC(=O)NS(=O)(=O)c2c(C(=O)NC3CC3)csc2C)n1. The standard InChI is InChI=1S/C15H18N6O5S2/c1-7-11(10(6-27-7)12(22)18-9-4-5-9)28(24,25)21-14(23)19-13-16-8(2)17-15(20-13)26-3/h6,9H,4-5H2,1-3H3,(H,18,22)(H2,16,17,19,20,21,23). The molecule has 0 aromatic carbocycles. The third-order valence-corrected chi connectivity index (χ3v) is 6.26. The van der Waals surface area contributed by atoms with Gasteiger partial charge < -0.3 is 10.1 Å². The third-order valence-electron chi connectivity index (χ3n) is 3.71. The number of aryl methyl sites for hydroxylation is 2. The average molecular weight is 426 g/mol. The maximum atomic E-state index is 12.7. The second-order valence-corrected chi connectivity index (χ2v) is 8.74. The zero-order valence-electron chi connectivity index (χ0n) is 15.3. The summed E-state index contributed by atoms with van der Waals surface area (Å²) in [6.45, 7) is 3.12. The second-order valence-electron chi connectivity index (χ2n) is 6.03. The molecule has 3 rings (SSSR count). The first-order chi connectivity index (χ1) is 13.2. The molecule has 1 saturated carbocycles. The van der Waals surface area contributed by atoms with Crippen LogP contribution in [0.4, 0.5) is 10.7 Å². The minimum atomic E-state index is -4.30. The Morgan fingerprint density at radius 3 is 2.57 bits per heavy atom. The first kappa shape index (κ1) is 19.9. The summed E-state index contributed by atoms with van der Waals surface area (Å²) in [4.78, 5) is 36.2. The van der Waals surface area contributed by atoms with Gasteiger partial charge in [0.05, 0.1) is 12.7 Å². The summed E-state index contributed by atoms with van der Waals surface area (Å²) < 4.78 is 32.2. The van der Waals surface area contributed by atoms with E-state index in [2.05, 4.69) is 25.6 Å². The van der Waals surface area contributed by atoms with Crippen molar-refractivity contribution in [2.24, 2.45) is 0 Å². The predicted octanol–water partition coefficient (Wildman–Crippen LogP) is 0.961. The van der Waals surface area contributed by atoms with Gasteiger partial charge in [-0.1, -0.05) is 0 Å². The molecule has 0 radical (unpaired) electrons. The average Bonchev–Trinajstić information content (AvgIpc) is 3.31. The van der Waals surface area contributed by atoms with E-state index in [0.29, 0.717) is 4.88 Å². The zero-order valence-corrected chi connectivity index (χ0v) is 16.9. The first-order valence-electron chi connectivity index (χ1n) is 8.19. The summed E-state index contributed by atoms with van der Waals surface area (Å²) in [6.07, 6.45) is 1.73. The Hall–Kier alpha value is -2.80. The number of rotatable bonds is 6. The lowest BCUT2D eigenvalue weighted by Crippen LogP contribution is -2.36. The van der Waals surface area contributed by atoms with Crippen LogP contribution in [0.5, 0.6) is 6.01 Å². The Balaban J connectivity index is 1.78. The molecular weight excluding hydrogens is 408 g/mol. The molecule has 0 aliphatic heterocycles. The Bertz CT molecular complexity index is 1030. The number of carbonyl (C=O) groups is 2. The molecule has 2 heterocycles. The van der Waals surface area contributed by atoms with E-state index < -0.39 is 22.0 Å². The number of aromatic nitrogens is 3. The predicted molar refractivity (Wildman–Crippen MR) is 100 cm³/mol. The Labute approximate surface area is 165 Å². The second kappa shape index (κ2) is 7.67. The Morgan fingerprint density at radius 2 is 1.93 bits per heavy atom. The van der Waals surface area contributed by atoms with Gasteiger partial charge in [-0.15, -0.1) is 11.3 Å². The maximum Gasteiger partial charge on any atom is 0.335 e. The number of nitrogens with zero attached hydrogens (tertiary/aromatic N) is 3. The van der Waals surface area contributed by atoms with Crippen molar-refractivity contribution in [2.75, 3.05) is 12.4 Å². The number of nitrogens with one attached hydrogen (secondary N) is 3. The van der Waals surface area contributed by atoms with Crippen LogP contribution < -0.4 is 20.1 Å². The molecule has 1 aliphatic rings. The van der Waals surface area contributed by atoms with Crippen molar-refractivity contribution in [2.45, 2.75) is 37.6 Å². The van der Waals surface area contributed by atoms with Crippen LogP contribution in [0, 0.1) is 13.8 Å². The first-order valence-corrected chi connectivity index (χ1v) is 10.6. The van der Waals surface area contributed by atoms with Crippen molar-refractivity contribution < 1.29 is 22.7 Å². The van der Waals surface area contributed by atoms with Gasteiger partial charge in [-0.05, 0) is 26.7 Å². The Kier molecular flexibility index (Phi) is 5.47. The number of anilines is 1. The van der Waals surface area contributed by atoms with Gasteiger partial charge in [0.15, 0.2) is 0 Å². The van der Waals surface area contributed by atoms with Gasteiger partial charge in [-0.25, -0.2) is 17.9 Å². The van der Waals surface area contributed by atoms with E-state index in [1.54, 1.807) is 13.8 Å². The summed E-state index contributed by atoms with van der Waals surface area (Å²) in [5, 5.41) is 6.42. The summed E-state index contributed by atoms with van der Waals surface area (Å²) in [5.41, 5.74) is 0.00683. The van der Waals surface area contributed by atoms with Crippen LogP contribution in [0.1, 0.15) is 33.9 Å². The molecule has 0 spiro atoms. The number of urea groups is 1. The third kappa shape index (κ3) is 4.54. The van der Waals surface area contributed by atoms with Gasteiger partial charge >= 0.3 is 12.0 Å². The number of amides is 3. The van der Waals surface area contributed by atoms with Crippen molar-refractivity contribution in [3.63, 3.8) is 0 Å². The van der Waals surface area contributed by atoms with E-state index in [0.717, 1.165) is 24.2 Å². The van der Waals surface area contributed by atoms with Crippen LogP contribution in [0.15, 0.2) is 10.3 Å². The minimum Gasteiger partial charge on any atom is -0.467 e. The van der Waals surface area contributed by atoms with Gasteiger partial charge in [-0.3, -0.25) is 10.1 Å². The van der Waals surface area contributed by atoms with Gasteiger partial charge in [0.25, 0.3) is 15.9 Å². The highest BCUT2D eigenvalue weighted by Gasteiger charge is 2.31. The van der Waals surface area contributed by atoms with Crippen molar-refractivity contribution >= 4 is 39.2 Å². The normalized spacial score (nSPS) is 13.7. The zero-order chi connectivity index (χ0) is 20.5. The largest absolute Gasteiger partial charge is 0.467 e. The lowest BCUT2D eigenvalue weighted by molar-refractivity contribution is 0.0948. The molecule has 2 aromatic rings. The van der Waals surface area contributed by atoms with Crippen molar-refractivity contribution in [3.05, 3.63) is 21.6 Å². The summed E-state index contributed by atoms with van der Waals surface area (Å²) in [6, 6.07) is -1.04. The molecule has 1 fully saturated rings.